The molecule has 1 heterocycles. The Hall–Kier alpha value is -1.88. The van der Waals surface area contributed by atoms with Crippen molar-refractivity contribution in [1.29, 1.82) is 0 Å². The summed E-state index contributed by atoms with van der Waals surface area (Å²) in [6.45, 7) is 5.08. The molecule has 0 saturated carbocycles. The van der Waals surface area contributed by atoms with E-state index in [2.05, 4.69) is 4.98 Å². The van der Waals surface area contributed by atoms with Crippen LogP contribution in [-0.4, -0.2) is 15.5 Å². The van der Waals surface area contributed by atoms with Crippen molar-refractivity contribution in [1.82, 2.24) is 9.55 Å². The number of hydrogen-bond donors (Lipinski definition) is 1. The van der Waals surface area contributed by atoms with Gasteiger partial charge in [-0.05, 0) is 32.4 Å². The summed E-state index contributed by atoms with van der Waals surface area (Å²) in [6, 6.07) is 6.99. The Morgan fingerprint density at radius 1 is 1.43 bits per heavy atom. The molecule has 5 nitrogen and oxygen atoms in total. The van der Waals surface area contributed by atoms with Gasteiger partial charge in [0.25, 0.3) is 5.56 Å². The van der Waals surface area contributed by atoms with Gasteiger partial charge in [-0.1, -0.05) is 19.1 Å². The maximum absolute atomic E-state index is 12.8. The number of rotatable bonds is 4. The quantitative estimate of drug-likeness (QED) is 0.880. The lowest BCUT2D eigenvalue weighted by Gasteiger charge is -2.28. The minimum Gasteiger partial charge on any atom is -0.368 e. The third-order valence-electron chi connectivity index (χ3n) is 3.60. The molecular formula is C15H18ClN3O2. The zero-order valence-corrected chi connectivity index (χ0v) is 13.0. The standard InChI is InChI=1S/C15H18ClN3O2/c1-4-10(16)12-18-11-8-6-5-7-9(11)13(20)19(12)15(2,3)14(17)21/h5-8,10H,4H2,1-3H3,(H2,17,21). The number of fused-ring (bicyclic) bond motifs is 1. The van der Waals surface area contributed by atoms with Crippen LogP contribution >= 0.6 is 11.6 Å². The molecule has 0 aliphatic heterocycles. The maximum Gasteiger partial charge on any atom is 0.262 e. The molecule has 112 valence electrons. The van der Waals surface area contributed by atoms with Crippen LogP contribution in [0.4, 0.5) is 0 Å². The Kier molecular flexibility index (Phi) is 4.05. The van der Waals surface area contributed by atoms with Gasteiger partial charge >= 0.3 is 0 Å². The number of para-hydroxylation sites is 1. The van der Waals surface area contributed by atoms with Gasteiger partial charge in [0.05, 0.1) is 16.3 Å². The first-order valence-electron chi connectivity index (χ1n) is 6.76. The summed E-state index contributed by atoms with van der Waals surface area (Å²) in [4.78, 5) is 29.0. The number of carbonyl (C=O) groups excluding carboxylic acids is 1. The number of primary amides is 1. The van der Waals surface area contributed by atoms with E-state index in [4.69, 9.17) is 17.3 Å². The molecule has 2 N–H and O–H groups in total. The van der Waals surface area contributed by atoms with Crippen LogP contribution in [-0.2, 0) is 10.3 Å². The van der Waals surface area contributed by atoms with E-state index in [1.807, 2.05) is 6.92 Å². The zero-order chi connectivity index (χ0) is 15.8. The highest BCUT2D eigenvalue weighted by atomic mass is 35.5. The molecule has 1 unspecified atom stereocenters. The summed E-state index contributed by atoms with van der Waals surface area (Å²) in [5.41, 5.74) is 4.51. The van der Waals surface area contributed by atoms with Crippen molar-refractivity contribution < 1.29 is 4.79 Å². The van der Waals surface area contributed by atoms with Crippen LogP contribution in [0.2, 0.25) is 0 Å². The maximum atomic E-state index is 12.8. The molecule has 0 aliphatic carbocycles. The smallest absolute Gasteiger partial charge is 0.262 e. The first kappa shape index (κ1) is 15.5. The molecule has 0 spiro atoms. The van der Waals surface area contributed by atoms with Crippen LogP contribution in [0.3, 0.4) is 0 Å². The van der Waals surface area contributed by atoms with E-state index in [0.29, 0.717) is 23.1 Å². The van der Waals surface area contributed by atoms with Crippen molar-refractivity contribution in [3.05, 3.63) is 40.4 Å². The summed E-state index contributed by atoms with van der Waals surface area (Å²) in [7, 11) is 0. The molecule has 1 atom stereocenters. The Bertz CT molecular complexity index is 752. The lowest BCUT2D eigenvalue weighted by atomic mass is 10.0. The first-order chi connectivity index (χ1) is 9.80. The molecule has 0 bridgehead atoms. The summed E-state index contributed by atoms with van der Waals surface area (Å²) >= 11 is 6.30. The predicted molar refractivity (Wildman–Crippen MR) is 83.4 cm³/mol. The SMILES string of the molecule is CCC(Cl)c1nc2ccccc2c(=O)n1C(C)(C)C(N)=O. The normalized spacial score (nSPS) is 13.3. The van der Waals surface area contributed by atoms with E-state index in [9.17, 15) is 9.59 Å². The van der Waals surface area contributed by atoms with Gasteiger partial charge < -0.3 is 5.73 Å². The summed E-state index contributed by atoms with van der Waals surface area (Å²) < 4.78 is 1.32. The van der Waals surface area contributed by atoms with E-state index >= 15 is 0 Å². The Labute approximate surface area is 127 Å². The number of benzene rings is 1. The molecule has 1 amide bonds. The van der Waals surface area contributed by atoms with Crippen molar-refractivity contribution in [2.75, 3.05) is 0 Å². The number of carbonyl (C=O) groups is 1. The van der Waals surface area contributed by atoms with E-state index < -0.39 is 16.8 Å². The summed E-state index contributed by atoms with van der Waals surface area (Å²) in [5, 5.41) is -0.0310. The van der Waals surface area contributed by atoms with Crippen LogP contribution < -0.4 is 11.3 Å². The Morgan fingerprint density at radius 3 is 2.62 bits per heavy atom. The zero-order valence-electron chi connectivity index (χ0n) is 12.3. The van der Waals surface area contributed by atoms with Gasteiger partial charge in [0.15, 0.2) is 0 Å². The second-order valence-corrected chi connectivity index (χ2v) is 5.95. The van der Waals surface area contributed by atoms with Crippen molar-refractivity contribution in [2.45, 2.75) is 38.1 Å². The molecule has 0 saturated heterocycles. The summed E-state index contributed by atoms with van der Waals surface area (Å²) in [6.07, 6.45) is 0.585. The molecule has 0 fully saturated rings. The van der Waals surface area contributed by atoms with Crippen LogP contribution in [0.15, 0.2) is 29.1 Å². The van der Waals surface area contributed by atoms with Crippen LogP contribution in [0, 0.1) is 0 Å². The lowest BCUT2D eigenvalue weighted by molar-refractivity contribution is -0.125. The second kappa shape index (κ2) is 5.48. The number of aromatic nitrogens is 2. The van der Waals surface area contributed by atoms with Crippen LogP contribution in [0.5, 0.6) is 0 Å². The van der Waals surface area contributed by atoms with E-state index in [1.54, 1.807) is 38.1 Å². The van der Waals surface area contributed by atoms with Crippen LogP contribution in [0.25, 0.3) is 10.9 Å². The number of halogens is 1. The van der Waals surface area contributed by atoms with Crippen molar-refractivity contribution in [3.8, 4) is 0 Å². The fraction of sp³-hybridized carbons (Fsp3) is 0.400. The molecule has 0 radical (unpaired) electrons. The van der Waals surface area contributed by atoms with E-state index in [-0.39, 0.29) is 5.56 Å². The van der Waals surface area contributed by atoms with Gasteiger partial charge in [-0.2, -0.15) is 0 Å². The monoisotopic (exact) mass is 307 g/mol. The van der Waals surface area contributed by atoms with Crippen molar-refractivity contribution >= 4 is 28.4 Å². The Morgan fingerprint density at radius 2 is 2.05 bits per heavy atom. The van der Waals surface area contributed by atoms with Gasteiger partial charge in [0.2, 0.25) is 5.91 Å². The van der Waals surface area contributed by atoms with Gasteiger partial charge in [-0.3, -0.25) is 14.2 Å². The molecule has 21 heavy (non-hydrogen) atoms. The fourth-order valence-electron chi connectivity index (χ4n) is 2.19. The minimum absolute atomic E-state index is 0.307. The highest BCUT2D eigenvalue weighted by molar-refractivity contribution is 6.20. The molecule has 2 aromatic rings. The molecule has 0 aliphatic rings. The number of nitrogens with two attached hydrogens (primary N) is 1. The largest absolute Gasteiger partial charge is 0.368 e. The average Bonchev–Trinajstić information content (AvgIpc) is 2.45. The van der Waals surface area contributed by atoms with E-state index in [0.717, 1.165) is 0 Å². The predicted octanol–water partition coefficient (Wildman–Crippen LogP) is 2.31. The molecule has 1 aromatic heterocycles. The highest BCUT2D eigenvalue weighted by Crippen LogP contribution is 2.27. The van der Waals surface area contributed by atoms with Crippen LogP contribution in [0.1, 0.15) is 38.4 Å². The third kappa shape index (κ3) is 2.53. The highest BCUT2D eigenvalue weighted by Gasteiger charge is 2.33. The number of nitrogens with zero attached hydrogens (tertiary/aromatic N) is 2. The molecule has 1 aromatic carbocycles. The molecule has 6 heteroatoms. The van der Waals surface area contributed by atoms with Crippen molar-refractivity contribution in [2.24, 2.45) is 5.73 Å². The fourth-order valence-corrected chi connectivity index (χ4v) is 2.34. The minimum atomic E-state index is -1.20. The molecular weight excluding hydrogens is 290 g/mol. The van der Waals surface area contributed by atoms with Gasteiger partial charge in [0.1, 0.15) is 11.4 Å². The third-order valence-corrected chi connectivity index (χ3v) is 4.11. The lowest BCUT2D eigenvalue weighted by Crippen LogP contribution is -2.48. The van der Waals surface area contributed by atoms with E-state index in [1.165, 1.54) is 4.57 Å². The number of alkyl halides is 1. The first-order valence-corrected chi connectivity index (χ1v) is 7.20. The van der Waals surface area contributed by atoms with Gasteiger partial charge in [0, 0.05) is 0 Å². The second-order valence-electron chi connectivity index (χ2n) is 5.43. The summed E-state index contributed by atoms with van der Waals surface area (Å²) in [5.74, 6) is -0.241. The topological polar surface area (TPSA) is 78.0 Å². The van der Waals surface area contributed by atoms with Gasteiger partial charge in [-0.15, -0.1) is 11.6 Å². The van der Waals surface area contributed by atoms with Gasteiger partial charge in [-0.25, -0.2) is 4.98 Å². The van der Waals surface area contributed by atoms with Crippen molar-refractivity contribution in [3.63, 3.8) is 0 Å². The molecule has 2 rings (SSSR count). The average molecular weight is 308 g/mol. The Balaban J connectivity index is 2.92. The number of amides is 1. The number of hydrogen-bond acceptors (Lipinski definition) is 3.